The van der Waals surface area contributed by atoms with Gasteiger partial charge >= 0.3 is 0 Å². The van der Waals surface area contributed by atoms with Crippen LogP contribution in [0.3, 0.4) is 0 Å². The van der Waals surface area contributed by atoms with E-state index in [4.69, 9.17) is 13.9 Å². The Kier molecular flexibility index (Phi) is 3.60. The lowest BCUT2D eigenvalue weighted by Crippen LogP contribution is -2.41. The number of anilines is 1. The van der Waals surface area contributed by atoms with E-state index >= 15 is 0 Å². The standard InChI is InChI=1S/C15H19N5O3/c1-9-18-19-15(22-9)12-4-3-10-11(23-12)5-6-20(10)13-7-14(21-2)17-8-16-13/h7-8,10-12H,3-6H2,1-2H3/t10-,11-,12+/m1/s1. The van der Waals surface area contributed by atoms with Crippen molar-refractivity contribution in [1.82, 2.24) is 20.2 Å². The Morgan fingerprint density at radius 1 is 1.22 bits per heavy atom. The summed E-state index contributed by atoms with van der Waals surface area (Å²) in [6, 6.07) is 2.19. The monoisotopic (exact) mass is 317 g/mol. The molecule has 0 N–H and O–H groups in total. The minimum absolute atomic E-state index is 0.0997. The molecule has 0 bridgehead atoms. The van der Waals surface area contributed by atoms with E-state index < -0.39 is 0 Å². The maximum absolute atomic E-state index is 6.21. The molecule has 2 aliphatic heterocycles. The van der Waals surface area contributed by atoms with Gasteiger partial charge in [-0.3, -0.25) is 0 Å². The Bertz CT molecular complexity index is 691. The van der Waals surface area contributed by atoms with Crippen molar-refractivity contribution >= 4 is 5.82 Å². The van der Waals surface area contributed by atoms with Crippen LogP contribution in [-0.4, -0.2) is 46.0 Å². The van der Waals surface area contributed by atoms with Crippen LogP contribution < -0.4 is 9.64 Å². The van der Waals surface area contributed by atoms with Crippen molar-refractivity contribution in [2.45, 2.75) is 44.4 Å². The average molecular weight is 317 g/mol. The average Bonchev–Trinajstić information content (AvgIpc) is 3.20. The number of aryl methyl sites for hydroxylation is 1. The van der Waals surface area contributed by atoms with Crippen molar-refractivity contribution in [3.05, 3.63) is 24.2 Å². The van der Waals surface area contributed by atoms with E-state index in [1.807, 2.05) is 6.07 Å². The Morgan fingerprint density at radius 3 is 2.91 bits per heavy atom. The van der Waals surface area contributed by atoms with Crippen LogP contribution in [0.5, 0.6) is 5.88 Å². The van der Waals surface area contributed by atoms with Crippen molar-refractivity contribution < 1.29 is 13.9 Å². The molecule has 0 radical (unpaired) electrons. The summed E-state index contributed by atoms with van der Waals surface area (Å²) in [5, 5.41) is 7.98. The lowest BCUT2D eigenvalue weighted by atomic mass is 9.99. The van der Waals surface area contributed by atoms with Crippen LogP contribution in [0.25, 0.3) is 0 Å². The summed E-state index contributed by atoms with van der Waals surface area (Å²) < 4.78 is 16.9. The molecule has 3 atom stereocenters. The number of nitrogens with zero attached hydrogens (tertiary/aromatic N) is 5. The fourth-order valence-corrected chi connectivity index (χ4v) is 3.43. The summed E-state index contributed by atoms with van der Waals surface area (Å²) >= 11 is 0. The SMILES string of the molecule is COc1cc(N2CC[C@H]3O[C@H](c4nnc(C)o4)CC[C@H]32)ncn1. The van der Waals surface area contributed by atoms with Gasteiger partial charge in [-0.05, 0) is 19.3 Å². The van der Waals surface area contributed by atoms with Gasteiger partial charge in [-0.25, -0.2) is 9.97 Å². The van der Waals surface area contributed by atoms with Crippen molar-refractivity contribution in [3.8, 4) is 5.88 Å². The first kappa shape index (κ1) is 14.4. The zero-order chi connectivity index (χ0) is 15.8. The third kappa shape index (κ3) is 2.63. The van der Waals surface area contributed by atoms with Gasteiger partial charge in [-0.1, -0.05) is 0 Å². The Morgan fingerprint density at radius 2 is 2.13 bits per heavy atom. The number of ether oxygens (including phenoxy) is 2. The minimum Gasteiger partial charge on any atom is -0.481 e. The fourth-order valence-electron chi connectivity index (χ4n) is 3.43. The van der Waals surface area contributed by atoms with Gasteiger partial charge in [-0.2, -0.15) is 0 Å². The molecule has 2 fully saturated rings. The van der Waals surface area contributed by atoms with Gasteiger partial charge < -0.3 is 18.8 Å². The molecule has 2 saturated heterocycles. The van der Waals surface area contributed by atoms with E-state index in [1.165, 1.54) is 6.33 Å². The van der Waals surface area contributed by atoms with E-state index in [0.717, 1.165) is 31.6 Å². The number of fused-ring (bicyclic) bond motifs is 1. The minimum atomic E-state index is -0.0997. The molecule has 2 aromatic heterocycles. The third-order valence-electron chi connectivity index (χ3n) is 4.50. The molecule has 0 aliphatic carbocycles. The molecule has 2 aromatic rings. The second-order valence-electron chi connectivity index (χ2n) is 5.87. The molecule has 0 amide bonds. The highest BCUT2D eigenvalue weighted by atomic mass is 16.5. The van der Waals surface area contributed by atoms with E-state index in [0.29, 0.717) is 23.7 Å². The van der Waals surface area contributed by atoms with Crippen molar-refractivity contribution in [3.63, 3.8) is 0 Å². The molecule has 8 heteroatoms. The summed E-state index contributed by atoms with van der Waals surface area (Å²) in [6.07, 6.45) is 4.42. The van der Waals surface area contributed by atoms with Gasteiger partial charge in [0.05, 0.1) is 19.3 Å². The zero-order valence-corrected chi connectivity index (χ0v) is 13.2. The molecule has 0 aromatic carbocycles. The maximum Gasteiger partial charge on any atom is 0.245 e. The van der Waals surface area contributed by atoms with Crippen LogP contribution in [0.2, 0.25) is 0 Å². The first-order valence-electron chi connectivity index (χ1n) is 7.82. The number of hydrogen-bond acceptors (Lipinski definition) is 8. The van der Waals surface area contributed by atoms with Gasteiger partial charge in [0.2, 0.25) is 17.7 Å². The van der Waals surface area contributed by atoms with E-state index in [-0.39, 0.29) is 12.2 Å². The van der Waals surface area contributed by atoms with Crippen LogP contribution >= 0.6 is 0 Å². The molecule has 0 unspecified atom stereocenters. The predicted molar refractivity (Wildman–Crippen MR) is 80.2 cm³/mol. The molecule has 23 heavy (non-hydrogen) atoms. The Hall–Kier alpha value is -2.22. The highest BCUT2D eigenvalue weighted by Gasteiger charge is 2.42. The van der Waals surface area contributed by atoms with Crippen LogP contribution in [0.15, 0.2) is 16.8 Å². The summed E-state index contributed by atoms with van der Waals surface area (Å²) in [4.78, 5) is 10.7. The van der Waals surface area contributed by atoms with E-state index in [2.05, 4.69) is 25.1 Å². The molecule has 0 spiro atoms. The number of hydrogen-bond donors (Lipinski definition) is 0. The zero-order valence-electron chi connectivity index (χ0n) is 13.2. The third-order valence-corrected chi connectivity index (χ3v) is 4.50. The first-order valence-corrected chi connectivity index (χ1v) is 7.82. The van der Waals surface area contributed by atoms with Gasteiger partial charge in [0.25, 0.3) is 0 Å². The van der Waals surface area contributed by atoms with Crippen LogP contribution in [0.4, 0.5) is 5.82 Å². The molecule has 0 saturated carbocycles. The Balaban J connectivity index is 1.49. The van der Waals surface area contributed by atoms with Crippen LogP contribution in [-0.2, 0) is 4.74 Å². The van der Waals surface area contributed by atoms with Crippen LogP contribution in [0, 0.1) is 6.92 Å². The maximum atomic E-state index is 6.21. The largest absolute Gasteiger partial charge is 0.481 e. The molecule has 4 heterocycles. The van der Waals surface area contributed by atoms with E-state index in [9.17, 15) is 0 Å². The van der Waals surface area contributed by atoms with Crippen molar-refractivity contribution in [1.29, 1.82) is 0 Å². The van der Waals surface area contributed by atoms with Crippen LogP contribution in [0.1, 0.15) is 37.1 Å². The number of aromatic nitrogens is 4. The van der Waals surface area contributed by atoms with Gasteiger partial charge in [0, 0.05) is 19.5 Å². The Labute approximate surface area is 133 Å². The molecular weight excluding hydrogens is 298 g/mol. The highest BCUT2D eigenvalue weighted by Crippen LogP contribution is 2.39. The van der Waals surface area contributed by atoms with Crippen molar-refractivity contribution in [2.75, 3.05) is 18.6 Å². The molecule has 4 rings (SSSR count). The summed E-state index contributed by atoms with van der Waals surface area (Å²) in [7, 11) is 1.61. The second kappa shape index (κ2) is 5.77. The number of methoxy groups -OCH3 is 1. The topological polar surface area (TPSA) is 86.4 Å². The normalized spacial score (nSPS) is 27.0. The van der Waals surface area contributed by atoms with Gasteiger partial charge in [0.15, 0.2) is 0 Å². The summed E-state index contributed by atoms with van der Waals surface area (Å²) in [5.74, 6) is 2.63. The molecule has 8 nitrogen and oxygen atoms in total. The quantitative estimate of drug-likeness (QED) is 0.845. The lowest BCUT2D eigenvalue weighted by molar-refractivity contribution is -0.0641. The fraction of sp³-hybridized carbons (Fsp3) is 0.600. The highest BCUT2D eigenvalue weighted by molar-refractivity contribution is 5.44. The smallest absolute Gasteiger partial charge is 0.245 e. The summed E-state index contributed by atoms with van der Waals surface area (Å²) in [5.41, 5.74) is 0. The molecule has 2 aliphatic rings. The van der Waals surface area contributed by atoms with Crippen molar-refractivity contribution in [2.24, 2.45) is 0 Å². The number of rotatable bonds is 3. The second-order valence-corrected chi connectivity index (χ2v) is 5.87. The van der Waals surface area contributed by atoms with E-state index in [1.54, 1.807) is 14.0 Å². The van der Waals surface area contributed by atoms with Gasteiger partial charge in [0.1, 0.15) is 18.2 Å². The first-order chi connectivity index (χ1) is 11.2. The lowest BCUT2D eigenvalue weighted by Gasteiger charge is -2.35. The molecular formula is C15H19N5O3. The molecule has 122 valence electrons. The summed E-state index contributed by atoms with van der Waals surface area (Å²) in [6.45, 7) is 2.70. The predicted octanol–water partition coefficient (Wildman–Crippen LogP) is 1.68. The van der Waals surface area contributed by atoms with Gasteiger partial charge in [-0.15, -0.1) is 10.2 Å².